The molecule has 0 radical (unpaired) electrons. The highest BCUT2D eigenvalue weighted by atomic mass is 16.4. The van der Waals surface area contributed by atoms with Crippen molar-refractivity contribution >= 4 is 17.8 Å². The SMILES string of the molecule is CCC1C[C@H](C(=O)NC(C)C(=O)NC(C)C)[C@H](C(=O)O)C1. The zero-order valence-corrected chi connectivity index (χ0v) is 13.2. The van der Waals surface area contributed by atoms with Crippen LogP contribution in [0.25, 0.3) is 0 Å². The zero-order valence-electron chi connectivity index (χ0n) is 13.2. The number of carbonyl (C=O) groups is 3. The summed E-state index contributed by atoms with van der Waals surface area (Å²) in [6, 6.07) is -0.658. The van der Waals surface area contributed by atoms with Crippen molar-refractivity contribution in [2.45, 2.75) is 59.0 Å². The van der Waals surface area contributed by atoms with Gasteiger partial charge in [0.2, 0.25) is 11.8 Å². The van der Waals surface area contributed by atoms with Gasteiger partial charge >= 0.3 is 5.97 Å². The molecule has 0 aromatic rings. The molecule has 0 bridgehead atoms. The first-order valence-corrected chi connectivity index (χ1v) is 7.59. The molecule has 1 rings (SSSR count). The lowest BCUT2D eigenvalue weighted by molar-refractivity contribution is -0.146. The molecule has 1 saturated carbocycles. The van der Waals surface area contributed by atoms with E-state index in [1.807, 2.05) is 20.8 Å². The molecule has 0 aliphatic heterocycles. The topological polar surface area (TPSA) is 95.5 Å². The fourth-order valence-electron chi connectivity index (χ4n) is 2.83. The average Bonchev–Trinajstić information content (AvgIpc) is 2.82. The maximum Gasteiger partial charge on any atom is 0.307 e. The number of rotatable bonds is 6. The second kappa shape index (κ2) is 7.43. The van der Waals surface area contributed by atoms with E-state index in [-0.39, 0.29) is 23.8 Å². The van der Waals surface area contributed by atoms with E-state index in [9.17, 15) is 19.5 Å². The van der Waals surface area contributed by atoms with Gasteiger partial charge in [-0.05, 0) is 39.5 Å². The summed E-state index contributed by atoms with van der Waals surface area (Å²) in [5.41, 5.74) is 0. The first kappa shape index (κ1) is 17.5. The molecule has 0 aromatic carbocycles. The predicted octanol–water partition coefficient (Wildman–Crippen LogP) is 1.15. The summed E-state index contributed by atoms with van der Waals surface area (Å²) in [7, 11) is 0. The van der Waals surface area contributed by atoms with Crippen molar-refractivity contribution in [3.8, 4) is 0 Å². The summed E-state index contributed by atoms with van der Waals surface area (Å²) in [6.45, 7) is 7.30. The molecule has 2 amide bonds. The van der Waals surface area contributed by atoms with Crippen molar-refractivity contribution in [3.63, 3.8) is 0 Å². The van der Waals surface area contributed by atoms with Crippen LogP contribution >= 0.6 is 0 Å². The van der Waals surface area contributed by atoms with Crippen molar-refractivity contribution in [2.75, 3.05) is 0 Å². The van der Waals surface area contributed by atoms with Crippen LogP contribution in [0.3, 0.4) is 0 Å². The van der Waals surface area contributed by atoms with Crippen molar-refractivity contribution in [1.82, 2.24) is 10.6 Å². The van der Waals surface area contributed by atoms with Crippen molar-refractivity contribution in [1.29, 1.82) is 0 Å². The molecule has 3 N–H and O–H groups in total. The number of hydrogen-bond acceptors (Lipinski definition) is 3. The van der Waals surface area contributed by atoms with Gasteiger partial charge in [0.1, 0.15) is 6.04 Å². The van der Waals surface area contributed by atoms with Crippen molar-refractivity contribution in [3.05, 3.63) is 0 Å². The molecule has 21 heavy (non-hydrogen) atoms. The van der Waals surface area contributed by atoms with Gasteiger partial charge < -0.3 is 15.7 Å². The standard InChI is InChI=1S/C15H26N2O4/c1-5-10-6-11(12(7-10)15(20)21)14(19)17-9(4)13(18)16-8(2)3/h8-12H,5-7H2,1-4H3,(H,16,18)(H,17,19)(H,20,21)/t9?,10?,11-,12+/m0/s1. The first-order chi connectivity index (χ1) is 9.76. The first-order valence-electron chi connectivity index (χ1n) is 7.59. The van der Waals surface area contributed by atoms with E-state index in [0.29, 0.717) is 12.8 Å². The Hall–Kier alpha value is -1.59. The van der Waals surface area contributed by atoms with Crippen LogP contribution in [0.15, 0.2) is 0 Å². The van der Waals surface area contributed by atoms with Crippen LogP contribution in [0.5, 0.6) is 0 Å². The Bertz CT molecular complexity index is 408. The van der Waals surface area contributed by atoms with Crippen LogP contribution in [0.4, 0.5) is 0 Å². The number of carboxylic acid groups (broad SMARTS) is 1. The van der Waals surface area contributed by atoms with Gasteiger partial charge in [0.15, 0.2) is 0 Å². The van der Waals surface area contributed by atoms with Gasteiger partial charge in [0.05, 0.1) is 11.8 Å². The summed E-state index contributed by atoms with van der Waals surface area (Å²) >= 11 is 0. The fraction of sp³-hybridized carbons (Fsp3) is 0.800. The average molecular weight is 298 g/mol. The smallest absolute Gasteiger partial charge is 0.307 e. The van der Waals surface area contributed by atoms with Crippen LogP contribution in [-0.4, -0.2) is 35.0 Å². The van der Waals surface area contributed by atoms with E-state index in [1.165, 1.54) is 0 Å². The highest BCUT2D eigenvalue weighted by molar-refractivity contribution is 5.90. The van der Waals surface area contributed by atoms with E-state index < -0.39 is 23.8 Å². The van der Waals surface area contributed by atoms with Gasteiger partial charge in [0, 0.05) is 6.04 Å². The van der Waals surface area contributed by atoms with Gasteiger partial charge in [-0.25, -0.2) is 0 Å². The molecule has 120 valence electrons. The monoisotopic (exact) mass is 298 g/mol. The molecule has 2 unspecified atom stereocenters. The number of aliphatic carboxylic acids is 1. The number of carboxylic acids is 1. The quantitative estimate of drug-likeness (QED) is 0.685. The molecule has 0 heterocycles. The lowest BCUT2D eigenvalue weighted by Crippen LogP contribution is -2.49. The predicted molar refractivity (Wildman–Crippen MR) is 78.5 cm³/mol. The van der Waals surface area contributed by atoms with E-state index in [4.69, 9.17) is 0 Å². The maximum atomic E-state index is 12.3. The fourth-order valence-corrected chi connectivity index (χ4v) is 2.83. The molecule has 6 nitrogen and oxygen atoms in total. The molecular formula is C15H26N2O4. The van der Waals surface area contributed by atoms with Gasteiger partial charge in [-0.3, -0.25) is 14.4 Å². The van der Waals surface area contributed by atoms with E-state index in [0.717, 1.165) is 6.42 Å². The van der Waals surface area contributed by atoms with Crippen LogP contribution in [0, 0.1) is 17.8 Å². The van der Waals surface area contributed by atoms with E-state index in [2.05, 4.69) is 10.6 Å². The number of amides is 2. The van der Waals surface area contributed by atoms with Gasteiger partial charge in [-0.1, -0.05) is 13.3 Å². The Morgan fingerprint density at radius 1 is 1.10 bits per heavy atom. The molecule has 1 aliphatic carbocycles. The normalized spacial score (nSPS) is 26.4. The third-order valence-electron chi connectivity index (χ3n) is 4.07. The second-order valence-electron chi connectivity index (χ2n) is 6.19. The van der Waals surface area contributed by atoms with Crippen LogP contribution < -0.4 is 10.6 Å². The summed E-state index contributed by atoms with van der Waals surface area (Å²) in [6.07, 6.45) is 1.99. The number of nitrogens with one attached hydrogen (secondary N) is 2. The molecule has 1 fully saturated rings. The molecule has 0 spiro atoms. The third kappa shape index (κ3) is 4.72. The van der Waals surface area contributed by atoms with Crippen molar-refractivity contribution < 1.29 is 19.5 Å². The lowest BCUT2D eigenvalue weighted by Gasteiger charge is -2.20. The summed E-state index contributed by atoms with van der Waals surface area (Å²) < 4.78 is 0. The molecular weight excluding hydrogens is 272 g/mol. The zero-order chi connectivity index (χ0) is 16.2. The summed E-state index contributed by atoms with van der Waals surface area (Å²) in [5, 5.41) is 14.6. The lowest BCUT2D eigenvalue weighted by atomic mass is 9.95. The Morgan fingerprint density at radius 3 is 2.14 bits per heavy atom. The van der Waals surface area contributed by atoms with Gasteiger partial charge in [-0.15, -0.1) is 0 Å². The van der Waals surface area contributed by atoms with Crippen molar-refractivity contribution in [2.24, 2.45) is 17.8 Å². The molecule has 1 aliphatic rings. The Kier molecular flexibility index (Phi) is 6.18. The third-order valence-corrected chi connectivity index (χ3v) is 4.07. The van der Waals surface area contributed by atoms with E-state index >= 15 is 0 Å². The number of carbonyl (C=O) groups excluding carboxylic acids is 2. The maximum absolute atomic E-state index is 12.3. The summed E-state index contributed by atoms with van der Waals surface area (Å²) in [4.78, 5) is 35.3. The Morgan fingerprint density at radius 2 is 1.67 bits per heavy atom. The minimum Gasteiger partial charge on any atom is -0.481 e. The van der Waals surface area contributed by atoms with Gasteiger partial charge in [0.25, 0.3) is 0 Å². The van der Waals surface area contributed by atoms with Gasteiger partial charge in [-0.2, -0.15) is 0 Å². The molecule has 0 saturated heterocycles. The molecule has 0 aromatic heterocycles. The molecule has 6 heteroatoms. The minimum absolute atomic E-state index is 0.000396. The number of hydrogen-bond donors (Lipinski definition) is 3. The largest absolute Gasteiger partial charge is 0.481 e. The minimum atomic E-state index is -0.926. The van der Waals surface area contributed by atoms with Crippen LogP contribution in [0.1, 0.15) is 47.0 Å². The molecule has 4 atom stereocenters. The Balaban J connectivity index is 2.65. The summed E-state index contributed by atoms with van der Waals surface area (Å²) in [5.74, 6) is -2.43. The van der Waals surface area contributed by atoms with Crippen LogP contribution in [0.2, 0.25) is 0 Å². The van der Waals surface area contributed by atoms with Crippen LogP contribution in [-0.2, 0) is 14.4 Å². The van der Waals surface area contributed by atoms with E-state index in [1.54, 1.807) is 6.92 Å². The highest BCUT2D eigenvalue weighted by Gasteiger charge is 2.42. The second-order valence-corrected chi connectivity index (χ2v) is 6.19. The highest BCUT2D eigenvalue weighted by Crippen LogP contribution is 2.38. The Labute approximate surface area is 125 Å².